The molecule has 0 radical (unpaired) electrons. The molecule has 5 heteroatoms. The molecule has 0 saturated heterocycles. The number of aryl methyl sites for hydroxylation is 1. The predicted molar refractivity (Wildman–Crippen MR) is 99.2 cm³/mol. The first-order chi connectivity index (χ1) is 12.1. The molecule has 128 valence electrons. The van der Waals surface area contributed by atoms with E-state index in [2.05, 4.69) is 5.32 Å². The topological polar surface area (TPSA) is 49.4 Å². The average molecular weight is 355 g/mol. The first-order valence-electron chi connectivity index (χ1n) is 8.63. The van der Waals surface area contributed by atoms with Gasteiger partial charge in [-0.25, -0.2) is 0 Å². The van der Waals surface area contributed by atoms with Gasteiger partial charge in [-0.05, 0) is 73.7 Å². The molecule has 2 aromatic rings. The molecule has 1 aliphatic heterocycles. The maximum absolute atomic E-state index is 12.4. The monoisotopic (exact) mass is 354 g/mol. The first-order valence-corrected chi connectivity index (χ1v) is 9.01. The lowest BCUT2D eigenvalue weighted by atomic mass is 10.00. The van der Waals surface area contributed by atoms with E-state index in [0.29, 0.717) is 10.6 Å². The molecule has 0 bridgehead atoms. The van der Waals surface area contributed by atoms with Crippen molar-refractivity contribution in [2.75, 3.05) is 16.8 Å². The molecule has 2 aliphatic rings. The highest BCUT2D eigenvalue weighted by Crippen LogP contribution is 2.36. The Hall–Kier alpha value is -2.33. The zero-order chi connectivity index (χ0) is 17.4. The molecule has 0 atom stereocenters. The van der Waals surface area contributed by atoms with Crippen molar-refractivity contribution >= 4 is 34.8 Å². The van der Waals surface area contributed by atoms with Crippen molar-refractivity contribution in [1.82, 2.24) is 0 Å². The van der Waals surface area contributed by atoms with Crippen LogP contribution in [0.1, 0.15) is 35.2 Å². The number of halogens is 1. The summed E-state index contributed by atoms with van der Waals surface area (Å²) in [5.74, 6) is 0.299. The Bertz CT molecular complexity index is 828. The highest BCUT2D eigenvalue weighted by atomic mass is 35.5. The van der Waals surface area contributed by atoms with Gasteiger partial charge in [-0.1, -0.05) is 11.6 Å². The van der Waals surface area contributed by atoms with Crippen LogP contribution in [0, 0.1) is 5.92 Å². The fourth-order valence-electron chi connectivity index (χ4n) is 3.26. The smallest absolute Gasteiger partial charge is 0.255 e. The summed E-state index contributed by atoms with van der Waals surface area (Å²) in [6, 6.07) is 12.6. The highest BCUT2D eigenvalue weighted by Gasteiger charge is 2.35. The summed E-state index contributed by atoms with van der Waals surface area (Å²) in [4.78, 5) is 26.7. The van der Waals surface area contributed by atoms with Crippen LogP contribution >= 0.6 is 11.6 Å². The quantitative estimate of drug-likeness (QED) is 0.894. The number of amides is 2. The molecule has 25 heavy (non-hydrogen) atoms. The van der Waals surface area contributed by atoms with Crippen molar-refractivity contribution in [2.24, 2.45) is 5.92 Å². The van der Waals surface area contributed by atoms with Gasteiger partial charge in [0, 0.05) is 34.4 Å². The molecular weight excluding hydrogens is 336 g/mol. The summed E-state index contributed by atoms with van der Waals surface area (Å²) in [6.07, 6.45) is 3.91. The number of fused-ring (bicyclic) bond motifs is 1. The summed E-state index contributed by atoms with van der Waals surface area (Å²) < 4.78 is 0. The lowest BCUT2D eigenvalue weighted by Crippen LogP contribution is -2.36. The van der Waals surface area contributed by atoms with Gasteiger partial charge in [0.15, 0.2) is 0 Å². The standard InChI is InChI=1S/C20H19ClN2O2/c21-16-7-5-13(6-8-16)19(24)22-17-9-10-18-15(12-17)2-1-11-23(18)20(25)14-3-4-14/h5-10,12,14H,1-4,11H2,(H,22,24). The van der Waals surface area contributed by atoms with E-state index < -0.39 is 0 Å². The number of rotatable bonds is 3. The van der Waals surface area contributed by atoms with Gasteiger partial charge in [0.1, 0.15) is 0 Å². The van der Waals surface area contributed by atoms with Crippen molar-refractivity contribution in [1.29, 1.82) is 0 Å². The van der Waals surface area contributed by atoms with Crippen LogP contribution < -0.4 is 10.2 Å². The number of carbonyl (C=O) groups is 2. The molecule has 1 fully saturated rings. The number of anilines is 2. The van der Waals surface area contributed by atoms with Gasteiger partial charge in [-0.15, -0.1) is 0 Å². The largest absolute Gasteiger partial charge is 0.322 e. The molecule has 2 amide bonds. The van der Waals surface area contributed by atoms with Gasteiger partial charge < -0.3 is 10.2 Å². The van der Waals surface area contributed by atoms with Crippen LogP contribution in [0.5, 0.6) is 0 Å². The van der Waals surface area contributed by atoms with E-state index in [0.717, 1.165) is 49.2 Å². The van der Waals surface area contributed by atoms with E-state index in [4.69, 9.17) is 11.6 Å². The number of nitrogens with zero attached hydrogens (tertiary/aromatic N) is 1. The zero-order valence-corrected chi connectivity index (χ0v) is 14.6. The highest BCUT2D eigenvalue weighted by molar-refractivity contribution is 6.30. The number of carbonyl (C=O) groups excluding carboxylic acids is 2. The molecule has 4 nitrogen and oxygen atoms in total. The average Bonchev–Trinajstić information content (AvgIpc) is 3.46. The van der Waals surface area contributed by atoms with Crippen molar-refractivity contribution in [2.45, 2.75) is 25.7 Å². The summed E-state index contributed by atoms with van der Waals surface area (Å²) in [5.41, 5.74) is 3.42. The fourth-order valence-corrected chi connectivity index (χ4v) is 3.38. The minimum atomic E-state index is -0.168. The van der Waals surface area contributed by atoms with Crippen LogP contribution in [0.4, 0.5) is 11.4 Å². The molecule has 0 spiro atoms. The maximum atomic E-state index is 12.4. The second kappa shape index (κ2) is 6.52. The van der Waals surface area contributed by atoms with E-state index in [1.54, 1.807) is 24.3 Å². The van der Waals surface area contributed by atoms with Gasteiger partial charge in [-0.3, -0.25) is 9.59 Å². The molecule has 0 aromatic heterocycles. The second-order valence-electron chi connectivity index (χ2n) is 6.67. The number of hydrogen-bond donors (Lipinski definition) is 1. The van der Waals surface area contributed by atoms with Gasteiger partial charge >= 0.3 is 0 Å². The van der Waals surface area contributed by atoms with E-state index in [9.17, 15) is 9.59 Å². The molecule has 2 aromatic carbocycles. The SMILES string of the molecule is O=C(Nc1ccc2c(c1)CCCN2C(=O)C1CC1)c1ccc(Cl)cc1. The minimum Gasteiger partial charge on any atom is -0.322 e. The molecule has 1 saturated carbocycles. The third-order valence-corrected chi connectivity index (χ3v) is 5.01. The Balaban J connectivity index is 1.53. The van der Waals surface area contributed by atoms with E-state index >= 15 is 0 Å². The van der Waals surface area contributed by atoms with E-state index in [1.807, 2.05) is 23.1 Å². The Kier molecular flexibility index (Phi) is 4.22. The summed E-state index contributed by atoms with van der Waals surface area (Å²) in [6.45, 7) is 0.790. The molecule has 1 aliphatic carbocycles. The number of hydrogen-bond acceptors (Lipinski definition) is 2. The molecule has 1 heterocycles. The van der Waals surface area contributed by atoms with Crippen molar-refractivity contribution in [3.05, 3.63) is 58.6 Å². The summed E-state index contributed by atoms with van der Waals surface area (Å²) in [7, 11) is 0. The van der Waals surface area contributed by atoms with Crippen molar-refractivity contribution < 1.29 is 9.59 Å². The first kappa shape index (κ1) is 16.2. The van der Waals surface area contributed by atoms with Gasteiger partial charge in [0.25, 0.3) is 5.91 Å². The minimum absolute atomic E-state index is 0.168. The zero-order valence-electron chi connectivity index (χ0n) is 13.8. The fraction of sp³-hybridized carbons (Fsp3) is 0.300. The number of nitrogens with one attached hydrogen (secondary N) is 1. The van der Waals surface area contributed by atoms with Crippen molar-refractivity contribution in [3.63, 3.8) is 0 Å². The van der Waals surface area contributed by atoms with Crippen LogP contribution in [0.15, 0.2) is 42.5 Å². The maximum Gasteiger partial charge on any atom is 0.255 e. The Morgan fingerprint density at radius 3 is 2.56 bits per heavy atom. The van der Waals surface area contributed by atoms with Crippen LogP contribution in [0.3, 0.4) is 0 Å². The lowest BCUT2D eigenvalue weighted by Gasteiger charge is -2.30. The number of benzene rings is 2. The predicted octanol–water partition coefficient (Wildman–Crippen LogP) is 4.28. The molecule has 0 unspecified atom stereocenters. The Labute approximate surface area is 151 Å². The third-order valence-electron chi connectivity index (χ3n) is 4.76. The molecule has 4 rings (SSSR count). The molecular formula is C20H19ClN2O2. The van der Waals surface area contributed by atoms with Crippen molar-refractivity contribution in [3.8, 4) is 0 Å². The van der Waals surface area contributed by atoms with Crippen LogP contribution in [-0.2, 0) is 11.2 Å². The third kappa shape index (κ3) is 3.40. The van der Waals surface area contributed by atoms with E-state index in [1.165, 1.54) is 0 Å². The van der Waals surface area contributed by atoms with Gasteiger partial charge in [-0.2, -0.15) is 0 Å². The second-order valence-corrected chi connectivity index (χ2v) is 7.11. The Morgan fingerprint density at radius 2 is 1.84 bits per heavy atom. The van der Waals surface area contributed by atoms with Gasteiger partial charge in [0.05, 0.1) is 0 Å². The molecule has 1 N–H and O–H groups in total. The lowest BCUT2D eigenvalue weighted by molar-refractivity contribution is -0.119. The van der Waals surface area contributed by atoms with Crippen LogP contribution in [0.2, 0.25) is 5.02 Å². The summed E-state index contributed by atoms with van der Waals surface area (Å²) in [5, 5.41) is 3.52. The van der Waals surface area contributed by atoms with Gasteiger partial charge in [0.2, 0.25) is 5.91 Å². The summed E-state index contributed by atoms with van der Waals surface area (Å²) >= 11 is 5.86. The normalized spacial score (nSPS) is 16.3. The Morgan fingerprint density at radius 1 is 1.08 bits per heavy atom. The van der Waals surface area contributed by atoms with Crippen LogP contribution in [-0.4, -0.2) is 18.4 Å². The van der Waals surface area contributed by atoms with E-state index in [-0.39, 0.29) is 17.7 Å². The van der Waals surface area contributed by atoms with Crippen LogP contribution in [0.25, 0.3) is 0 Å².